The van der Waals surface area contributed by atoms with Gasteiger partial charge in [0.25, 0.3) is 5.91 Å². The Morgan fingerprint density at radius 3 is 2.64 bits per heavy atom. The fourth-order valence-corrected chi connectivity index (χ4v) is 7.28. The Kier molecular flexibility index (Phi) is 8.12. The van der Waals surface area contributed by atoms with Gasteiger partial charge in [-0.25, -0.2) is 0 Å². The molecule has 1 unspecified atom stereocenters. The monoisotopic (exact) mass is 582 g/mol. The van der Waals surface area contributed by atoms with E-state index in [-0.39, 0.29) is 17.9 Å². The lowest BCUT2D eigenvalue weighted by Gasteiger charge is -2.52. The minimum Gasteiger partial charge on any atom is -0.495 e. The van der Waals surface area contributed by atoms with Crippen molar-refractivity contribution in [3.05, 3.63) is 29.2 Å². The number of amides is 2. The van der Waals surface area contributed by atoms with E-state index in [0.29, 0.717) is 49.5 Å². The Bertz CT molecular complexity index is 1230. The number of fused-ring (bicyclic) bond motifs is 1. The molecule has 0 aromatic heterocycles. The van der Waals surface area contributed by atoms with Gasteiger partial charge >= 0.3 is 0 Å². The van der Waals surface area contributed by atoms with Crippen LogP contribution in [0.2, 0.25) is 0 Å². The minimum absolute atomic E-state index is 0.0679. The standard InChI is InChI=1S/C30H46N8O4/c1-4-21-18-35(2)27-28(38(21)22-9-5-6-10-22)33-30(31,34-29(27)40)32-23-17-24-20(16-25(23)41-3)8-7-11-37(24)26(39)19-36-12-14-42-15-13-36/h16-17,21-22,32-33H,4-15,18-19,31H2,1-3H3,(H,34,40)/t21?,30-/m1/s1. The predicted molar refractivity (Wildman–Crippen MR) is 161 cm³/mol. The first-order valence-corrected chi connectivity index (χ1v) is 15.5. The first kappa shape index (κ1) is 28.9. The van der Waals surface area contributed by atoms with Crippen LogP contribution >= 0.6 is 0 Å². The second-order valence-electron chi connectivity index (χ2n) is 12.2. The highest BCUT2D eigenvalue weighted by Crippen LogP contribution is 2.39. The maximum atomic E-state index is 13.6. The quantitative estimate of drug-likeness (QED) is 0.348. The van der Waals surface area contributed by atoms with Crippen molar-refractivity contribution in [3.63, 3.8) is 0 Å². The summed E-state index contributed by atoms with van der Waals surface area (Å²) in [6, 6.07) is 4.58. The summed E-state index contributed by atoms with van der Waals surface area (Å²) in [5.41, 5.74) is 10.0. The van der Waals surface area contributed by atoms with Gasteiger partial charge in [0.15, 0.2) is 0 Å². The largest absolute Gasteiger partial charge is 0.495 e. The highest BCUT2D eigenvalue weighted by molar-refractivity contribution is 5.97. The molecule has 0 bridgehead atoms. The van der Waals surface area contributed by atoms with Crippen molar-refractivity contribution in [1.82, 2.24) is 25.3 Å². The van der Waals surface area contributed by atoms with E-state index in [9.17, 15) is 9.59 Å². The molecule has 12 heteroatoms. The molecule has 0 radical (unpaired) electrons. The van der Waals surface area contributed by atoms with Crippen molar-refractivity contribution in [2.45, 2.75) is 69.9 Å². The van der Waals surface area contributed by atoms with Crippen molar-refractivity contribution >= 4 is 23.2 Å². The van der Waals surface area contributed by atoms with Gasteiger partial charge in [-0.3, -0.25) is 25.5 Å². The molecule has 1 aromatic rings. The van der Waals surface area contributed by atoms with Gasteiger partial charge in [-0.2, -0.15) is 0 Å². The van der Waals surface area contributed by atoms with Crippen LogP contribution in [0.15, 0.2) is 23.7 Å². The van der Waals surface area contributed by atoms with E-state index in [2.05, 4.69) is 32.7 Å². The van der Waals surface area contributed by atoms with Gasteiger partial charge in [0.1, 0.15) is 17.3 Å². The Morgan fingerprint density at radius 1 is 1.17 bits per heavy atom. The molecule has 42 heavy (non-hydrogen) atoms. The summed E-state index contributed by atoms with van der Waals surface area (Å²) in [5.74, 6) is -0.240. The normalized spacial score (nSPS) is 26.9. The third-order valence-electron chi connectivity index (χ3n) is 9.39. The Morgan fingerprint density at radius 2 is 1.93 bits per heavy atom. The molecule has 230 valence electrons. The zero-order valence-electron chi connectivity index (χ0n) is 25.2. The summed E-state index contributed by atoms with van der Waals surface area (Å²) in [6.45, 7) is 6.82. The van der Waals surface area contributed by atoms with Crippen LogP contribution in [0, 0.1) is 0 Å². The first-order chi connectivity index (χ1) is 20.3. The van der Waals surface area contributed by atoms with Crippen molar-refractivity contribution in [1.29, 1.82) is 0 Å². The summed E-state index contributed by atoms with van der Waals surface area (Å²) < 4.78 is 11.2. The molecule has 0 spiro atoms. The third-order valence-corrected chi connectivity index (χ3v) is 9.39. The second kappa shape index (κ2) is 11.8. The SMILES string of the molecule is CCC1CN(C)C2=C(N[C@@](N)(Nc3cc4c(cc3OC)CCCN4C(=O)CN3CCOCC3)NC2=O)N1C1CCCC1. The van der Waals surface area contributed by atoms with Crippen LogP contribution in [0.3, 0.4) is 0 Å². The number of carbonyl (C=O) groups excluding carboxylic acids is 2. The Balaban J connectivity index is 1.29. The number of rotatable bonds is 7. The van der Waals surface area contributed by atoms with Gasteiger partial charge in [0.05, 0.1) is 32.6 Å². The molecule has 2 fully saturated rings. The highest BCUT2D eigenvalue weighted by Gasteiger charge is 2.46. The van der Waals surface area contributed by atoms with Crippen LogP contribution in [-0.4, -0.2) is 105 Å². The van der Waals surface area contributed by atoms with Crippen LogP contribution < -0.4 is 31.3 Å². The fourth-order valence-electron chi connectivity index (χ4n) is 7.28. The number of benzene rings is 1. The van der Waals surface area contributed by atoms with E-state index in [0.717, 1.165) is 68.8 Å². The number of aryl methyl sites for hydroxylation is 1. The van der Waals surface area contributed by atoms with Gasteiger partial charge in [-0.1, -0.05) is 19.8 Å². The molecule has 6 rings (SSSR count). The molecule has 4 heterocycles. The van der Waals surface area contributed by atoms with Crippen LogP contribution in [0.4, 0.5) is 11.4 Å². The van der Waals surface area contributed by atoms with E-state index in [4.69, 9.17) is 15.2 Å². The summed E-state index contributed by atoms with van der Waals surface area (Å²) in [4.78, 5) is 35.6. The van der Waals surface area contributed by atoms with Crippen molar-refractivity contribution < 1.29 is 19.1 Å². The molecule has 12 nitrogen and oxygen atoms in total. The van der Waals surface area contributed by atoms with Gasteiger partial charge in [-0.05, 0) is 49.8 Å². The third kappa shape index (κ3) is 5.47. The molecule has 2 amide bonds. The number of likely N-dealkylation sites (N-methyl/N-ethyl adjacent to an activating group) is 1. The van der Waals surface area contributed by atoms with Crippen LogP contribution in [0.25, 0.3) is 0 Å². The van der Waals surface area contributed by atoms with E-state index in [1.165, 1.54) is 12.8 Å². The summed E-state index contributed by atoms with van der Waals surface area (Å²) in [6.07, 6.45) is 7.32. The van der Waals surface area contributed by atoms with Gasteiger partial charge in [0.2, 0.25) is 11.8 Å². The number of carbonyl (C=O) groups is 2. The van der Waals surface area contributed by atoms with Crippen molar-refractivity contribution in [2.24, 2.45) is 5.73 Å². The average molecular weight is 583 g/mol. The lowest BCUT2D eigenvalue weighted by molar-refractivity contribution is -0.123. The maximum Gasteiger partial charge on any atom is 0.275 e. The molecule has 1 aromatic carbocycles. The fraction of sp³-hybridized carbons (Fsp3) is 0.667. The minimum atomic E-state index is -1.47. The number of nitrogens with one attached hydrogen (secondary N) is 3. The smallest absolute Gasteiger partial charge is 0.275 e. The van der Waals surface area contributed by atoms with Gasteiger partial charge < -0.3 is 34.8 Å². The van der Waals surface area contributed by atoms with E-state index in [1.54, 1.807) is 7.11 Å². The molecule has 2 atom stereocenters. The van der Waals surface area contributed by atoms with E-state index >= 15 is 0 Å². The Labute approximate surface area is 248 Å². The maximum absolute atomic E-state index is 13.6. The summed E-state index contributed by atoms with van der Waals surface area (Å²) in [5, 5.41) is 9.82. The number of hydrogen-bond donors (Lipinski definition) is 4. The topological polar surface area (TPSA) is 128 Å². The van der Waals surface area contributed by atoms with Crippen LogP contribution in [-0.2, 0) is 20.7 Å². The zero-order valence-corrected chi connectivity index (χ0v) is 25.2. The van der Waals surface area contributed by atoms with Crippen molar-refractivity contribution in [2.75, 3.05) is 70.3 Å². The molecule has 5 N–H and O–H groups in total. The lowest BCUT2D eigenvalue weighted by atomic mass is 10.00. The van der Waals surface area contributed by atoms with E-state index in [1.807, 2.05) is 29.0 Å². The molecular formula is C30H46N8O4. The lowest BCUT2D eigenvalue weighted by Crippen LogP contribution is -2.76. The summed E-state index contributed by atoms with van der Waals surface area (Å²) >= 11 is 0. The molecular weight excluding hydrogens is 536 g/mol. The average Bonchev–Trinajstić information content (AvgIpc) is 3.50. The molecule has 1 saturated carbocycles. The number of hydrogen-bond acceptors (Lipinski definition) is 10. The molecule has 4 aliphatic heterocycles. The molecule has 1 saturated heterocycles. The highest BCUT2D eigenvalue weighted by atomic mass is 16.5. The number of morpholine rings is 1. The number of nitrogens with zero attached hydrogens (tertiary/aromatic N) is 4. The predicted octanol–water partition coefficient (Wildman–Crippen LogP) is 1.15. The summed E-state index contributed by atoms with van der Waals surface area (Å²) in [7, 11) is 3.59. The molecule has 5 aliphatic rings. The molecule has 1 aliphatic carbocycles. The number of nitrogens with two attached hydrogens (primary N) is 1. The first-order valence-electron chi connectivity index (χ1n) is 15.5. The Hall–Kier alpha value is -3.22. The second-order valence-corrected chi connectivity index (χ2v) is 12.2. The van der Waals surface area contributed by atoms with Gasteiger partial charge in [-0.15, -0.1) is 0 Å². The van der Waals surface area contributed by atoms with Gasteiger partial charge in [0, 0.05) is 51.0 Å². The van der Waals surface area contributed by atoms with Crippen molar-refractivity contribution in [3.8, 4) is 5.75 Å². The van der Waals surface area contributed by atoms with Crippen LogP contribution in [0.1, 0.15) is 51.0 Å². The number of methoxy groups -OCH3 is 1. The van der Waals surface area contributed by atoms with Crippen LogP contribution in [0.5, 0.6) is 5.75 Å². The van der Waals surface area contributed by atoms with E-state index < -0.39 is 5.91 Å². The number of anilines is 2. The zero-order chi connectivity index (χ0) is 29.4. The number of ether oxygens (including phenoxy) is 2.